The number of amides is 2. The Balaban J connectivity index is 1.87. The van der Waals surface area contributed by atoms with E-state index in [4.69, 9.17) is 5.11 Å². The summed E-state index contributed by atoms with van der Waals surface area (Å²) in [6.07, 6.45) is 3.47. The average Bonchev–Trinajstić information content (AvgIpc) is 2.94. The smallest absolute Gasteiger partial charge is 0.336 e. The van der Waals surface area contributed by atoms with Crippen LogP contribution in [0.15, 0.2) is 36.7 Å². The summed E-state index contributed by atoms with van der Waals surface area (Å²) in [4.78, 5) is 22.7. The molecule has 0 atom stereocenters. The van der Waals surface area contributed by atoms with Crippen LogP contribution in [-0.2, 0) is 6.54 Å². The van der Waals surface area contributed by atoms with E-state index >= 15 is 0 Å². The van der Waals surface area contributed by atoms with Crippen molar-refractivity contribution in [1.82, 2.24) is 15.1 Å². The van der Waals surface area contributed by atoms with Gasteiger partial charge in [-0.3, -0.25) is 4.68 Å². The fourth-order valence-corrected chi connectivity index (χ4v) is 1.82. The molecule has 3 N–H and O–H groups in total. The first-order valence-electron chi connectivity index (χ1n) is 6.42. The van der Waals surface area contributed by atoms with Gasteiger partial charge in [0.25, 0.3) is 0 Å². The molecule has 0 saturated heterocycles. The lowest BCUT2D eigenvalue weighted by Gasteiger charge is -2.09. The number of aromatic carboxylic acids is 1. The van der Waals surface area contributed by atoms with Crippen molar-refractivity contribution in [1.29, 1.82) is 0 Å². The third-order valence-corrected chi connectivity index (χ3v) is 2.91. The maximum absolute atomic E-state index is 11.7. The van der Waals surface area contributed by atoms with Gasteiger partial charge < -0.3 is 15.7 Å². The van der Waals surface area contributed by atoms with Crippen LogP contribution in [0.5, 0.6) is 0 Å². The van der Waals surface area contributed by atoms with Gasteiger partial charge in [0.05, 0.1) is 12.1 Å². The molecule has 1 aromatic heterocycles. The number of benzene rings is 1. The predicted molar refractivity (Wildman–Crippen MR) is 77.4 cm³/mol. The Morgan fingerprint density at radius 3 is 2.86 bits per heavy atom. The summed E-state index contributed by atoms with van der Waals surface area (Å²) in [7, 11) is 0. The zero-order valence-corrected chi connectivity index (χ0v) is 11.5. The van der Waals surface area contributed by atoms with Gasteiger partial charge in [-0.2, -0.15) is 5.10 Å². The summed E-state index contributed by atoms with van der Waals surface area (Å²) in [5.41, 5.74) is 1.26. The molecule has 0 spiro atoms. The van der Waals surface area contributed by atoms with E-state index in [1.54, 1.807) is 42.2 Å². The monoisotopic (exact) mass is 288 g/mol. The topological polar surface area (TPSA) is 96.3 Å². The lowest BCUT2D eigenvalue weighted by Crippen LogP contribution is -2.31. The first kappa shape index (κ1) is 14.6. The number of hydrogen-bond acceptors (Lipinski definition) is 3. The van der Waals surface area contributed by atoms with E-state index in [1.807, 2.05) is 0 Å². The number of aryl methyl sites for hydroxylation is 1. The third kappa shape index (κ3) is 4.07. The second-order valence-corrected chi connectivity index (χ2v) is 4.48. The number of carbonyl (C=O) groups is 2. The minimum atomic E-state index is -1.02. The number of rotatable bonds is 5. The Morgan fingerprint density at radius 2 is 2.19 bits per heavy atom. The maximum Gasteiger partial charge on any atom is 0.336 e. The molecular formula is C14H16N4O3. The molecule has 0 bridgehead atoms. The first-order chi connectivity index (χ1) is 10.1. The van der Waals surface area contributed by atoms with Gasteiger partial charge in [-0.1, -0.05) is 6.07 Å². The number of carbonyl (C=O) groups excluding carboxylic acids is 1. The Morgan fingerprint density at radius 1 is 1.38 bits per heavy atom. The summed E-state index contributed by atoms with van der Waals surface area (Å²) in [5, 5.41) is 18.3. The van der Waals surface area contributed by atoms with Crippen LogP contribution in [0.2, 0.25) is 0 Å². The fraction of sp³-hybridized carbons (Fsp3) is 0.214. The van der Waals surface area contributed by atoms with Crippen molar-refractivity contribution in [3.05, 3.63) is 47.8 Å². The van der Waals surface area contributed by atoms with E-state index in [1.165, 1.54) is 6.07 Å². The summed E-state index contributed by atoms with van der Waals surface area (Å²) in [6, 6.07) is 6.17. The van der Waals surface area contributed by atoms with Gasteiger partial charge in [0.15, 0.2) is 0 Å². The molecule has 2 rings (SSSR count). The molecule has 2 amide bonds. The fourth-order valence-electron chi connectivity index (χ4n) is 1.82. The molecule has 21 heavy (non-hydrogen) atoms. The molecule has 1 heterocycles. The largest absolute Gasteiger partial charge is 0.478 e. The molecule has 0 radical (unpaired) electrons. The van der Waals surface area contributed by atoms with Crippen LogP contribution in [0.25, 0.3) is 0 Å². The molecule has 1 aromatic carbocycles. The second-order valence-electron chi connectivity index (χ2n) is 4.48. The molecule has 7 heteroatoms. The van der Waals surface area contributed by atoms with Gasteiger partial charge in [-0.25, -0.2) is 9.59 Å². The van der Waals surface area contributed by atoms with E-state index in [-0.39, 0.29) is 11.6 Å². The molecule has 7 nitrogen and oxygen atoms in total. The normalized spacial score (nSPS) is 10.1. The number of carboxylic acid groups (broad SMARTS) is 1. The average molecular weight is 288 g/mol. The van der Waals surface area contributed by atoms with Crippen LogP contribution in [0, 0.1) is 6.92 Å². The van der Waals surface area contributed by atoms with Gasteiger partial charge in [0.1, 0.15) is 0 Å². The SMILES string of the molecule is Cc1ccc(NC(=O)NCCn2cccn2)cc1C(=O)O. The minimum absolute atomic E-state index is 0.171. The lowest BCUT2D eigenvalue weighted by molar-refractivity contribution is 0.0696. The molecule has 2 aromatic rings. The van der Waals surface area contributed by atoms with Crippen molar-refractivity contribution in [2.24, 2.45) is 0 Å². The Kier molecular flexibility index (Phi) is 4.55. The summed E-state index contributed by atoms with van der Waals surface area (Å²) < 4.78 is 1.70. The van der Waals surface area contributed by atoms with Gasteiger partial charge >= 0.3 is 12.0 Å². The highest BCUT2D eigenvalue weighted by Gasteiger charge is 2.09. The van der Waals surface area contributed by atoms with Gasteiger partial charge in [0.2, 0.25) is 0 Å². The number of nitrogens with one attached hydrogen (secondary N) is 2. The molecule has 0 aliphatic rings. The summed E-state index contributed by atoms with van der Waals surface area (Å²) in [5.74, 6) is -1.02. The van der Waals surface area contributed by atoms with Crippen LogP contribution in [0.1, 0.15) is 15.9 Å². The number of anilines is 1. The number of urea groups is 1. The van der Waals surface area contributed by atoms with E-state index in [9.17, 15) is 9.59 Å². The van der Waals surface area contributed by atoms with Crippen molar-refractivity contribution in [3.63, 3.8) is 0 Å². The number of hydrogen-bond donors (Lipinski definition) is 3. The number of aromatic nitrogens is 2. The highest BCUT2D eigenvalue weighted by molar-refractivity contribution is 5.94. The van der Waals surface area contributed by atoms with Crippen LogP contribution in [-0.4, -0.2) is 33.4 Å². The summed E-state index contributed by atoms with van der Waals surface area (Å²) in [6.45, 7) is 2.69. The molecular weight excluding hydrogens is 272 g/mol. The third-order valence-electron chi connectivity index (χ3n) is 2.91. The number of nitrogens with zero attached hydrogens (tertiary/aromatic N) is 2. The zero-order valence-electron chi connectivity index (χ0n) is 11.5. The van der Waals surface area contributed by atoms with Crippen molar-refractivity contribution in [3.8, 4) is 0 Å². The van der Waals surface area contributed by atoms with Crippen LogP contribution < -0.4 is 10.6 Å². The van der Waals surface area contributed by atoms with E-state index in [0.717, 1.165) is 0 Å². The Bertz CT molecular complexity index is 638. The van der Waals surface area contributed by atoms with Gasteiger partial charge in [0, 0.05) is 24.6 Å². The van der Waals surface area contributed by atoms with E-state index in [0.29, 0.717) is 24.3 Å². The zero-order chi connectivity index (χ0) is 15.2. The molecule has 110 valence electrons. The quantitative estimate of drug-likeness (QED) is 0.780. The van der Waals surface area contributed by atoms with Crippen molar-refractivity contribution >= 4 is 17.7 Å². The highest BCUT2D eigenvalue weighted by atomic mass is 16.4. The van der Waals surface area contributed by atoms with Gasteiger partial charge in [-0.05, 0) is 30.7 Å². The van der Waals surface area contributed by atoms with Crippen molar-refractivity contribution < 1.29 is 14.7 Å². The highest BCUT2D eigenvalue weighted by Crippen LogP contribution is 2.15. The van der Waals surface area contributed by atoms with E-state index < -0.39 is 5.97 Å². The maximum atomic E-state index is 11.7. The predicted octanol–water partition coefficient (Wildman–Crippen LogP) is 1.71. The van der Waals surface area contributed by atoms with Gasteiger partial charge in [-0.15, -0.1) is 0 Å². The molecule has 0 saturated carbocycles. The molecule has 0 unspecified atom stereocenters. The van der Waals surface area contributed by atoms with Crippen LogP contribution in [0.3, 0.4) is 0 Å². The number of carboxylic acids is 1. The standard InChI is InChI=1S/C14H16N4O3/c1-10-3-4-11(9-12(10)13(19)20)17-14(21)15-6-8-18-7-2-5-16-18/h2-5,7,9H,6,8H2,1H3,(H,19,20)(H2,15,17,21). The first-order valence-corrected chi connectivity index (χ1v) is 6.42. The second kappa shape index (κ2) is 6.56. The van der Waals surface area contributed by atoms with Crippen LogP contribution in [0.4, 0.5) is 10.5 Å². The van der Waals surface area contributed by atoms with Crippen molar-refractivity contribution in [2.75, 3.05) is 11.9 Å². The minimum Gasteiger partial charge on any atom is -0.478 e. The molecule has 0 aliphatic carbocycles. The Hall–Kier alpha value is -2.83. The Labute approximate surface area is 121 Å². The molecule has 0 fully saturated rings. The summed E-state index contributed by atoms with van der Waals surface area (Å²) >= 11 is 0. The van der Waals surface area contributed by atoms with Crippen LogP contribution >= 0.6 is 0 Å². The van der Waals surface area contributed by atoms with E-state index in [2.05, 4.69) is 15.7 Å². The molecule has 0 aliphatic heterocycles. The van der Waals surface area contributed by atoms with Crippen molar-refractivity contribution in [2.45, 2.75) is 13.5 Å². The lowest BCUT2D eigenvalue weighted by atomic mass is 10.1.